The first-order valence-electron chi connectivity index (χ1n) is 9.79. The van der Waals surface area contributed by atoms with Gasteiger partial charge in [-0.05, 0) is 73.1 Å². The SMILES string of the molecule is Cc1ccc(C(=O)NC[C@@H](C)Oc2cccc(CN(C)Cc3ccsc3)c2)cc1. The monoisotopic (exact) mass is 408 g/mol. The summed E-state index contributed by atoms with van der Waals surface area (Å²) in [6.45, 7) is 6.20. The highest BCUT2D eigenvalue weighted by Crippen LogP contribution is 2.17. The van der Waals surface area contributed by atoms with E-state index >= 15 is 0 Å². The zero-order chi connectivity index (χ0) is 20.6. The van der Waals surface area contributed by atoms with Gasteiger partial charge >= 0.3 is 0 Å². The lowest BCUT2D eigenvalue weighted by atomic mass is 10.1. The molecule has 3 rings (SSSR count). The lowest BCUT2D eigenvalue weighted by Crippen LogP contribution is -2.33. The summed E-state index contributed by atoms with van der Waals surface area (Å²) in [6.07, 6.45) is -0.122. The van der Waals surface area contributed by atoms with E-state index in [-0.39, 0.29) is 12.0 Å². The molecule has 1 N–H and O–H groups in total. The van der Waals surface area contributed by atoms with E-state index in [0.29, 0.717) is 12.1 Å². The zero-order valence-corrected chi connectivity index (χ0v) is 18.0. The van der Waals surface area contributed by atoms with Crippen molar-refractivity contribution in [1.29, 1.82) is 0 Å². The van der Waals surface area contributed by atoms with Crippen molar-refractivity contribution in [2.75, 3.05) is 13.6 Å². The Morgan fingerprint density at radius 3 is 2.59 bits per heavy atom. The fourth-order valence-corrected chi connectivity index (χ4v) is 3.76. The first-order valence-corrected chi connectivity index (χ1v) is 10.7. The van der Waals surface area contributed by atoms with Crippen LogP contribution in [0, 0.1) is 6.92 Å². The van der Waals surface area contributed by atoms with Crippen molar-refractivity contribution < 1.29 is 9.53 Å². The highest BCUT2D eigenvalue weighted by Gasteiger charge is 2.10. The fraction of sp³-hybridized carbons (Fsp3) is 0.292. The molecular formula is C24H28N2O2S. The van der Waals surface area contributed by atoms with Gasteiger partial charge in [0.05, 0.1) is 6.54 Å². The van der Waals surface area contributed by atoms with Gasteiger partial charge in [-0.2, -0.15) is 11.3 Å². The summed E-state index contributed by atoms with van der Waals surface area (Å²) in [6, 6.07) is 17.9. The van der Waals surface area contributed by atoms with Gasteiger partial charge in [0, 0.05) is 18.7 Å². The van der Waals surface area contributed by atoms with Crippen LogP contribution >= 0.6 is 11.3 Å². The molecule has 0 bridgehead atoms. The van der Waals surface area contributed by atoms with E-state index in [1.807, 2.05) is 50.2 Å². The Bertz CT molecular complexity index is 907. The highest BCUT2D eigenvalue weighted by atomic mass is 32.1. The molecule has 1 atom stereocenters. The van der Waals surface area contributed by atoms with Gasteiger partial charge in [0.15, 0.2) is 0 Å². The van der Waals surface area contributed by atoms with E-state index in [9.17, 15) is 4.79 Å². The van der Waals surface area contributed by atoms with Gasteiger partial charge in [-0.15, -0.1) is 0 Å². The average Bonchev–Trinajstić information content (AvgIpc) is 3.20. The van der Waals surface area contributed by atoms with Gasteiger partial charge < -0.3 is 10.1 Å². The predicted molar refractivity (Wildman–Crippen MR) is 120 cm³/mol. The van der Waals surface area contributed by atoms with Gasteiger partial charge in [0.1, 0.15) is 11.9 Å². The lowest BCUT2D eigenvalue weighted by Gasteiger charge is -2.18. The number of nitrogens with zero attached hydrogens (tertiary/aromatic N) is 1. The first kappa shape index (κ1) is 21.1. The molecule has 0 radical (unpaired) electrons. The normalized spacial score (nSPS) is 12.0. The van der Waals surface area contributed by atoms with Crippen molar-refractivity contribution >= 4 is 17.2 Å². The third kappa shape index (κ3) is 6.73. The molecular weight excluding hydrogens is 380 g/mol. The van der Waals surface area contributed by atoms with Crippen LogP contribution in [-0.4, -0.2) is 30.5 Å². The van der Waals surface area contributed by atoms with Gasteiger partial charge in [-0.3, -0.25) is 9.69 Å². The van der Waals surface area contributed by atoms with E-state index in [4.69, 9.17) is 4.74 Å². The van der Waals surface area contributed by atoms with Gasteiger partial charge in [0.25, 0.3) is 5.91 Å². The maximum absolute atomic E-state index is 12.2. The van der Waals surface area contributed by atoms with Crippen LogP contribution in [0.25, 0.3) is 0 Å². The smallest absolute Gasteiger partial charge is 0.251 e. The van der Waals surface area contributed by atoms with Crippen molar-refractivity contribution in [3.8, 4) is 5.75 Å². The number of carbonyl (C=O) groups excluding carboxylic acids is 1. The van der Waals surface area contributed by atoms with Crippen LogP contribution in [0.3, 0.4) is 0 Å². The number of rotatable bonds is 9. The molecule has 0 unspecified atom stereocenters. The van der Waals surface area contributed by atoms with Crippen LogP contribution in [0.15, 0.2) is 65.4 Å². The van der Waals surface area contributed by atoms with Crippen molar-refractivity contribution in [3.05, 3.63) is 87.6 Å². The summed E-state index contributed by atoms with van der Waals surface area (Å²) in [5, 5.41) is 7.23. The van der Waals surface area contributed by atoms with Crippen molar-refractivity contribution in [2.24, 2.45) is 0 Å². The van der Waals surface area contributed by atoms with Crippen molar-refractivity contribution in [1.82, 2.24) is 10.2 Å². The maximum Gasteiger partial charge on any atom is 0.251 e. The predicted octanol–water partition coefficient (Wildman–Crippen LogP) is 4.89. The Hall–Kier alpha value is -2.63. The minimum absolute atomic E-state index is 0.0794. The van der Waals surface area contributed by atoms with Crippen molar-refractivity contribution in [2.45, 2.75) is 33.0 Å². The van der Waals surface area contributed by atoms with Crippen LogP contribution in [0.5, 0.6) is 5.75 Å². The largest absolute Gasteiger partial charge is 0.489 e. The van der Waals surface area contributed by atoms with E-state index in [0.717, 1.165) is 24.4 Å². The molecule has 3 aromatic rings. The fourth-order valence-electron chi connectivity index (χ4n) is 3.10. The summed E-state index contributed by atoms with van der Waals surface area (Å²) in [4.78, 5) is 14.5. The van der Waals surface area contributed by atoms with Gasteiger partial charge in [-0.1, -0.05) is 29.8 Å². The number of carbonyl (C=O) groups is 1. The van der Waals surface area contributed by atoms with E-state index in [1.54, 1.807) is 11.3 Å². The second kappa shape index (κ2) is 10.2. The average molecular weight is 409 g/mol. The third-order valence-electron chi connectivity index (χ3n) is 4.58. The summed E-state index contributed by atoms with van der Waals surface area (Å²) in [7, 11) is 2.12. The summed E-state index contributed by atoms with van der Waals surface area (Å²) < 4.78 is 6.02. The molecule has 29 heavy (non-hydrogen) atoms. The molecule has 1 aromatic heterocycles. The molecule has 5 heteroatoms. The molecule has 1 heterocycles. The molecule has 0 saturated heterocycles. The second-order valence-electron chi connectivity index (χ2n) is 7.46. The maximum atomic E-state index is 12.2. The molecule has 2 aromatic carbocycles. The Labute approximate surface area is 177 Å². The number of hydrogen-bond donors (Lipinski definition) is 1. The molecule has 0 saturated carbocycles. The minimum Gasteiger partial charge on any atom is -0.489 e. The lowest BCUT2D eigenvalue weighted by molar-refractivity contribution is 0.0932. The van der Waals surface area contributed by atoms with Crippen LogP contribution in [0.2, 0.25) is 0 Å². The number of ether oxygens (including phenoxy) is 1. The van der Waals surface area contributed by atoms with E-state index in [1.165, 1.54) is 11.1 Å². The molecule has 0 fully saturated rings. The number of nitrogens with one attached hydrogen (secondary N) is 1. The van der Waals surface area contributed by atoms with Crippen LogP contribution in [0.1, 0.15) is 34.0 Å². The van der Waals surface area contributed by atoms with E-state index < -0.39 is 0 Å². The number of amides is 1. The van der Waals surface area contributed by atoms with Crippen LogP contribution in [-0.2, 0) is 13.1 Å². The number of aryl methyl sites for hydroxylation is 1. The second-order valence-corrected chi connectivity index (χ2v) is 8.24. The molecule has 4 nitrogen and oxygen atoms in total. The van der Waals surface area contributed by atoms with Crippen LogP contribution < -0.4 is 10.1 Å². The Morgan fingerprint density at radius 2 is 1.86 bits per heavy atom. The van der Waals surface area contributed by atoms with E-state index in [2.05, 4.69) is 46.2 Å². The molecule has 0 spiro atoms. The number of hydrogen-bond acceptors (Lipinski definition) is 4. The molecule has 0 aliphatic heterocycles. The summed E-state index contributed by atoms with van der Waals surface area (Å²) >= 11 is 1.73. The molecule has 0 aliphatic carbocycles. The topological polar surface area (TPSA) is 41.6 Å². The zero-order valence-electron chi connectivity index (χ0n) is 17.2. The number of thiophene rings is 1. The highest BCUT2D eigenvalue weighted by molar-refractivity contribution is 7.07. The Balaban J connectivity index is 1.48. The summed E-state index contributed by atoms with van der Waals surface area (Å²) in [5.74, 6) is 0.743. The van der Waals surface area contributed by atoms with Crippen LogP contribution in [0.4, 0.5) is 0 Å². The third-order valence-corrected chi connectivity index (χ3v) is 5.32. The van der Waals surface area contributed by atoms with Crippen molar-refractivity contribution in [3.63, 3.8) is 0 Å². The standard InChI is InChI=1S/C24H28N2O2S/c1-18-7-9-22(10-8-18)24(27)25-14-19(2)28-23-6-4-5-20(13-23)15-26(3)16-21-11-12-29-17-21/h4-13,17,19H,14-16H2,1-3H3,(H,25,27)/t19-/m1/s1. The first-order chi connectivity index (χ1) is 14.0. The van der Waals surface area contributed by atoms with Gasteiger partial charge in [0.2, 0.25) is 0 Å². The summed E-state index contributed by atoms with van der Waals surface area (Å²) in [5.41, 5.74) is 4.34. The van der Waals surface area contributed by atoms with Gasteiger partial charge in [-0.25, -0.2) is 0 Å². The molecule has 0 aliphatic rings. The number of benzene rings is 2. The minimum atomic E-state index is -0.122. The quantitative estimate of drug-likeness (QED) is 0.548. The Morgan fingerprint density at radius 1 is 1.10 bits per heavy atom. The Kier molecular flexibility index (Phi) is 7.44. The molecule has 1 amide bonds. The molecule has 152 valence electrons.